The third-order valence-electron chi connectivity index (χ3n) is 4.05. The first-order valence-electron chi connectivity index (χ1n) is 7.99. The van der Waals surface area contributed by atoms with Gasteiger partial charge in [0.2, 0.25) is 0 Å². The highest BCUT2D eigenvalue weighted by Gasteiger charge is 2.19. The number of halogens is 1. The number of ether oxygens (including phenoxy) is 1. The fourth-order valence-electron chi connectivity index (χ4n) is 2.83. The second-order valence-electron chi connectivity index (χ2n) is 5.79. The van der Waals surface area contributed by atoms with Crippen molar-refractivity contribution >= 4 is 17.3 Å². The van der Waals surface area contributed by atoms with E-state index in [9.17, 15) is 10.1 Å². The summed E-state index contributed by atoms with van der Waals surface area (Å²) in [6.45, 7) is 2.29. The van der Waals surface area contributed by atoms with Crippen LogP contribution in [0, 0.1) is 10.1 Å². The van der Waals surface area contributed by atoms with Crippen LogP contribution in [0.3, 0.4) is 0 Å². The van der Waals surface area contributed by atoms with Gasteiger partial charge < -0.3 is 14.5 Å². The van der Waals surface area contributed by atoms with Crippen LogP contribution in [0.25, 0.3) is 11.3 Å². The first-order valence-corrected chi connectivity index (χ1v) is 8.36. The number of hydrogen-bond donors (Lipinski definition) is 1. The molecule has 1 aliphatic heterocycles. The Morgan fingerprint density at radius 2 is 2.21 bits per heavy atom. The van der Waals surface area contributed by atoms with Crippen LogP contribution >= 0.6 is 11.6 Å². The highest BCUT2D eigenvalue weighted by atomic mass is 35.5. The van der Waals surface area contributed by atoms with Crippen LogP contribution in [-0.2, 0) is 11.3 Å². The molecule has 1 aliphatic rings. The van der Waals surface area contributed by atoms with E-state index in [0.717, 1.165) is 38.2 Å². The maximum Gasteiger partial charge on any atom is 0.281 e. The van der Waals surface area contributed by atoms with E-state index in [1.54, 1.807) is 18.2 Å². The Morgan fingerprint density at radius 1 is 1.33 bits per heavy atom. The van der Waals surface area contributed by atoms with Gasteiger partial charge in [-0.15, -0.1) is 0 Å². The summed E-state index contributed by atoms with van der Waals surface area (Å²) in [6, 6.07) is 8.12. The lowest BCUT2D eigenvalue weighted by Crippen LogP contribution is -2.19. The molecule has 0 amide bonds. The number of nitro groups is 1. The highest BCUT2D eigenvalue weighted by Crippen LogP contribution is 2.33. The summed E-state index contributed by atoms with van der Waals surface area (Å²) in [5.41, 5.74) is 0.366. The molecule has 1 N–H and O–H groups in total. The lowest BCUT2D eigenvalue weighted by atomic mass is 10.1. The molecule has 1 aromatic carbocycles. The zero-order valence-corrected chi connectivity index (χ0v) is 13.9. The van der Waals surface area contributed by atoms with Crippen LogP contribution in [0.1, 0.15) is 25.0 Å². The van der Waals surface area contributed by atoms with E-state index in [1.165, 1.54) is 6.07 Å². The van der Waals surface area contributed by atoms with Gasteiger partial charge >= 0.3 is 0 Å². The Hall–Kier alpha value is -1.89. The van der Waals surface area contributed by atoms with Gasteiger partial charge in [0.1, 0.15) is 11.5 Å². The standard InChI is InChI=1S/C17H19ClN2O4/c18-12-3-5-15(16(10-12)20(21)22)17-6-4-14(24-17)11-19-8-7-13-2-1-9-23-13/h3-6,10,13,19H,1-2,7-9,11H2. The molecule has 2 aromatic rings. The third-order valence-corrected chi connectivity index (χ3v) is 4.28. The largest absolute Gasteiger partial charge is 0.459 e. The number of benzene rings is 1. The van der Waals surface area contributed by atoms with Crippen molar-refractivity contribution in [3.63, 3.8) is 0 Å². The summed E-state index contributed by atoms with van der Waals surface area (Å²) in [7, 11) is 0. The second kappa shape index (κ2) is 7.79. The van der Waals surface area contributed by atoms with Gasteiger partial charge in [-0.05, 0) is 50.1 Å². The van der Waals surface area contributed by atoms with Gasteiger partial charge in [-0.2, -0.15) is 0 Å². The molecule has 0 radical (unpaired) electrons. The van der Waals surface area contributed by atoms with Crippen molar-refractivity contribution in [1.82, 2.24) is 5.32 Å². The van der Waals surface area contributed by atoms with Crippen LogP contribution in [0.5, 0.6) is 0 Å². The van der Waals surface area contributed by atoms with Gasteiger partial charge in [-0.25, -0.2) is 0 Å². The van der Waals surface area contributed by atoms with Crippen LogP contribution < -0.4 is 5.32 Å². The topological polar surface area (TPSA) is 77.5 Å². The first kappa shape index (κ1) is 17.0. The lowest BCUT2D eigenvalue weighted by Gasteiger charge is -2.09. The SMILES string of the molecule is O=[N+]([O-])c1cc(Cl)ccc1-c1ccc(CNCCC2CCCO2)o1. The molecule has 7 heteroatoms. The van der Waals surface area contributed by atoms with Gasteiger partial charge in [-0.1, -0.05) is 11.6 Å². The minimum Gasteiger partial charge on any atom is -0.459 e. The van der Waals surface area contributed by atoms with Gasteiger partial charge in [-0.3, -0.25) is 10.1 Å². The third kappa shape index (κ3) is 4.14. The molecule has 128 valence electrons. The van der Waals surface area contributed by atoms with Crippen LogP contribution in [0.4, 0.5) is 5.69 Å². The predicted molar refractivity (Wildman–Crippen MR) is 91.1 cm³/mol. The fraction of sp³-hybridized carbons (Fsp3) is 0.412. The number of nitrogens with zero attached hydrogens (tertiary/aromatic N) is 1. The summed E-state index contributed by atoms with van der Waals surface area (Å²) in [5.74, 6) is 1.20. The number of nitrogens with one attached hydrogen (secondary N) is 1. The van der Waals surface area contributed by atoms with Crippen molar-refractivity contribution in [2.45, 2.75) is 31.9 Å². The van der Waals surface area contributed by atoms with E-state index in [2.05, 4.69) is 5.32 Å². The van der Waals surface area contributed by atoms with Crippen LogP contribution in [0.2, 0.25) is 5.02 Å². The minimum atomic E-state index is -0.455. The van der Waals surface area contributed by atoms with Gasteiger partial charge in [0.25, 0.3) is 5.69 Å². The molecule has 2 heterocycles. The molecule has 0 spiro atoms. The molecule has 1 aromatic heterocycles. The summed E-state index contributed by atoms with van der Waals surface area (Å²) in [6.07, 6.45) is 3.62. The van der Waals surface area contributed by atoms with Crippen molar-refractivity contribution in [3.05, 3.63) is 51.2 Å². The maximum absolute atomic E-state index is 11.2. The zero-order valence-electron chi connectivity index (χ0n) is 13.2. The molecule has 0 bridgehead atoms. The van der Waals surface area contributed by atoms with E-state index in [4.69, 9.17) is 20.8 Å². The molecular weight excluding hydrogens is 332 g/mol. The molecule has 1 fully saturated rings. The normalized spacial score (nSPS) is 17.3. The zero-order chi connectivity index (χ0) is 16.9. The molecule has 1 unspecified atom stereocenters. The van der Waals surface area contributed by atoms with Crippen molar-refractivity contribution in [2.24, 2.45) is 0 Å². The Morgan fingerprint density at radius 3 is 2.96 bits per heavy atom. The number of furan rings is 1. The van der Waals surface area contributed by atoms with E-state index in [0.29, 0.717) is 29.0 Å². The average molecular weight is 351 g/mol. The molecule has 24 heavy (non-hydrogen) atoms. The molecule has 6 nitrogen and oxygen atoms in total. The van der Waals surface area contributed by atoms with Crippen LogP contribution in [-0.4, -0.2) is 24.2 Å². The molecule has 1 saturated heterocycles. The first-order chi connectivity index (χ1) is 11.6. The quantitative estimate of drug-likeness (QED) is 0.460. The number of nitro benzene ring substituents is 1. The fourth-order valence-corrected chi connectivity index (χ4v) is 2.99. The maximum atomic E-state index is 11.2. The van der Waals surface area contributed by atoms with Gasteiger partial charge in [0.15, 0.2) is 0 Å². The van der Waals surface area contributed by atoms with E-state index in [-0.39, 0.29) is 5.69 Å². The smallest absolute Gasteiger partial charge is 0.281 e. The van der Waals surface area contributed by atoms with Crippen molar-refractivity contribution in [2.75, 3.05) is 13.2 Å². The predicted octanol–water partition coefficient (Wildman–Crippen LogP) is 4.17. The summed E-state index contributed by atoms with van der Waals surface area (Å²) in [4.78, 5) is 10.7. The Balaban J connectivity index is 1.60. The molecule has 0 aliphatic carbocycles. The van der Waals surface area contributed by atoms with E-state index < -0.39 is 4.92 Å². The monoisotopic (exact) mass is 350 g/mol. The minimum absolute atomic E-state index is 0.0604. The van der Waals surface area contributed by atoms with Gasteiger partial charge in [0, 0.05) is 17.7 Å². The summed E-state index contributed by atoms with van der Waals surface area (Å²) < 4.78 is 11.3. The molecule has 3 rings (SSSR count). The van der Waals surface area contributed by atoms with Crippen molar-refractivity contribution in [3.8, 4) is 11.3 Å². The molecule has 1 atom stereocenters. The Labute approximate surface area is 144 Å². The van der Waals surface area contributed by atoms with Gasteiger partial charge in [0.05, 0.1) is 23.1 Å². The van der Waals surface area contributed by atoms with Crippen molar-refractivity contribution in [1.29, 1.82) is 0 Å². The Kier molecular flexibility index (Phi) is 5.50. The second-order valence-corrected chi connectivity index (χ2v) is 6.22. The van der Waals surface area contributed by atoms with E-state index >= 15 is 0 Å². The molecular formula is C17H19ClN2O4. The highest BCUT2D eigenvalue weighted by molar-refractivity contribution is 6.30. The summed E-state index contributed by atoms with van der Waals surface area (Å²) >= 11 is 5.84. The Bertz CT molecular complexity index is 710. The number of rotatable bonds is 7. The summed E-state index contributed by atoms with van der Waals surface area (Å²) in [5, 5.41) is 14.8. The lowest BCUT2D eigenvalue weighted by molar-refractivity contribution is -0.384. The van der Waals surface area contributed by atoms with E-state index in [1.807, 2.05) is 6.07 Å². The molecule has 0 saturated carbocycles. The van der Waals surface area contributed by atoms with Crippen molar-refractivity contribution < 1.29 is 14.1 Å². The van der Waals surface area contributed by atoms with Crippen LogP contribution in [0.15, 0.2) is 34.7 Å². The number of hydrogen-bond acceptors (Lipinski definition) is 5. The average Bonchev–Trinajstić information content (AvgIpc) is 3.23.